The minimum Gasteiger partial charge on any atom is -0.508 e. The van der Waals surface area contributed by atoms with Crippen LogP contribution < -0.4 is 11.1 Å². The summed E-state index contributed by atoms with van der Waals surface area (Å²) in [5.41, 5.74) is 6.59. The minimum absolute atomic E-state index is 0.0445. The number of halogens is 1. The van der Waals surface area contributed by atoms with Crippen molar-refractivity contribution in [3.05, 3.63) is 40.5 Å². The van der Waals surface area contributed by atoms with E-state index in [4.69, 9.17) is 17.3 Å². The zero-order chi connectivity index (χ0) is 19.6. The van der Waals surface area contributed by atoms with E-state index in [1.165, 1.54) is 12.1 Å². The fourth-order valence-electron chi connectivity index (χ4n) is 2.97. The van der Waals surface area contributed by atoms with E-state index in [9.17, 15) is 20.4 Å². The first-order chi connectivity index (χ1) is 12.9. The van der Waals surface area contributed by atoms with Gasteiger partial charge in [-0.1, -0.05) is 23.4 Å². The first-order valence-corrected chi connectivity index (χ1v) is 8.64. The maximum absolute atomic E-state index is 10.2. The molecule has 9 heteroatoms. The van der Waals surface area contributed by atoms with E-state index in [0.29, 0.717) is 12.0 Å². The number of hydrogen-bond acceptors (Lipinski definition) is 8. The van der Waals surface area contributed by atoms with Crippen molar-refractivity contribution in [2.24, 2.45) is 5.92 Å². The number of nitrogens with one attached hydrogen (secondary N) is 1. The van der Waals surface area contributed by atoms with E-state index < -0.39 is 24.2 Å². The third-order valence-corrected chi connectivity index (χ3v) is 4.71. The normalized spacial score (nSPS) is 24.3. The van der Waals surface area contributed by atoms with E-state index >= 15 is 0 Å². The van der Waals surface area contributed by atoms with Crippen LogP contribution in [0.5, 0.6) is 5.75 Å². The van der Waals surface area contributed by atoms with Gasteiger partial charge in [-0.2, -0.15) is 9.97 Å². The van der Waals surface area contributed by atoms with Gasteiger partial charge >= 0.3 is 0 Å². The third kappa shape index (κ3) is 4.23. The second kappa shape index (κ2) is 7.98. The highest BCUT2D eigenvalue weighted by Crippen LogP contribution is 2.30. The van der Waals surface area contributed by atoms with Crippen molar-refractivity contribution in [2.75, 3.05) is 17.7 Å². The van der Waals surface area contributed by atoms with E-state index in [0.717, 1.165) is 0 Å². The second-order valence-corrected chi connectivity index (χ2v) is 6.66. The Labute approximate surface area is 160 Å². The first-order valence-electron chi connectivity index (χ1n) is 8.26. The lowest BCUT2D eigenvalue weighted by Crippen LogP contribution is -2.35. The van der Waals surface area contributed by atoms with Gasteiger partial charge in [-0.15, -0.1) is 0 Å². The lowest BCUT2D eigenvalue weighted by Gasteiger charge is -2.19. The summed E-state index contributed by atoms with van der Waals surface area (Å²) in [6.45, 7) is -0.239. The molecule has 8 nitrogen and oxygen atoms in total. The fourth-order valence-corrected chi connectivity index (χ4v) is 3.19. The average molecular weight is 391 g/mol. The molecule has 3 rings (SSSR count). The molecule has 0 spiro atoms. The standard InChI is InChI=1S/C18H19ClN4O4/c19-16-12(6-3-9-1-4-11(25)5-2-9)17(23-18(20)22-16)21-13-7-10(8-24)14(26)15(13)27/h1-2,4-5,10,13-15,24-27H,7-8H2,(H3,20,21,22,23)/t10-,13-,14-,15+/m1/s1. The van der Waals surface area contributed by atoms with Crippen molar-refractivity contribution in [3.63, 3.8) is 0 Å². The highest BCUT2D eigenvalue weighted by Gasteiger charge is 2.41. The van der Waals surface area contributed by atoms with Gasteiger partial charge in [-0.3, -0.25) is 0 Å². The number of phenolic OH excluding ortho intramolecular Hbond substituents is 1. The van der Waals surface area contributed by atoms with E-state index in [2.05, 4.69) is 27.1 Å². The molecule has 0 aliphatic heterocycles. The first kappa shape index (κ1) is 19.2. The van der Waals surface area contributed by atoms with Crippen LogP contribution in [-0.4, -0.2) is 55.3 Å². The van der Waals surface area contributed by atoms with Gasteiger partial charge in [0.1, 0.15) is 23.2 Å². The Morgan fingerprint density at radius 3 is 2.48 bits per heavy atom. The second-order valence-electron chi connectivity index (χ2n) is 6.30. The zero-order valence-electron chi connectivity index (χ0n) is 14.2. The van der Waals surface area contributed by atoms with Crippen LogP contribution in [0.1, 0.15) is 17.5 Å². The number of benzene rings is 1. The van der Waals surface area contributed by atoms with Crippen LogP contribution in [0.3, 0.4) is 0 Å². The largest absolute Gasteiger partial charge is 0.508 e. The number of aromatic hydroxyl groups is 1. The van der Waals surface area contributed by atoms with Crippen LogP contribution in [0.2, 0.25) is 5.15 Å². The smallest absolute Gasteiger partial charge is 0.223 e. The van der Waals surface area contributed by atoms with Crippen molar-refractivity contribution in [1.29, 1.82) is 0 Å². The number of aliphatic hydroxyl groups is 3. The molecule has 1 aliphatic rings. The summed E-state index contributed by atoms with van der Waals surface area (Å²) in [5, 5.41) is 41.9. The number of anilines is 2. The lowest BCUT2D eigenvalue weighted by atomic mass is 10.1. The Hall–Kier alpha value is -2.57. The van der Waals surface area contributed by atoms with Gasteiger partial charge in [0, 0.05) is 18.1 Å². The van der Waals surface area contributed by atoms with Gasteiger partial charge in [-0.25, -0.2) is 0 Å². The number of rotatable bonds is 3. The predicted molar refractivity (Wildman–Crippen MR) is 100 cm³/mol. The fraction of sp³-hybridized carbons (Fsp3) is 0.333. The number of phenols is 1. The summed E-state index contributed by atoms with van der Waals surface area (Å²) in [6.07, 6.45) is -1.80. The summed E-state index contributed by atoms with van der Waals surface area (Å²) in [4.78, 5) is 8.01. The average Bonchev–Trinajstić information content (AvgIpc) is 2.90. The lowest BCUT2D eigenvalue weighted by molar-refractivity contribution is 0.00445. The molecule has 1 aliphatic carbocycles. The summed E-state index contributed by atoms with van der Waals surface area (Å²) >= 11 is 6.17. The maximum Gasteiger partial charge on any atom is 0.223 e. The van der Waals surface area contributed by atoms with E-state index in [1.54, 1.807) is 12.1 Å². The Kier molecular flexibility index (Phi) is 5.68. The monoisotopic (exact) mass is 390 g/mol. The minimum atomic E-state index is -1.09. The number of aromatic nitrogens is 2. The van der Waals surface area contributed by atoms with Crippen LogP contribution in [0.4, 0.5) is 11.8 Å². The van der Waals surface area contributed by atoms with Crippen LogP contribution >= 0.6 is 11.6 Å². The Bertz CT molecular complexity index is 881. The molecule has 142 valence electrons. The molecule has 2 aromatic rings. The molecule has 1 heterocycles. The molecule has 1 fully saturated rings. The van der Waals surface area contributed by atoms with Gasteiger partial charge in [0.05, 0.1) is 12.1 Å². The van der Waals surface area contributed by atoms with Crippen molar-refractivity contribution < 1.29 is 20.4 Å². The molecular formula is C18H19ClN4O4. The summed E-state index contributed by atoms with van der Waals surface area (Å²) < 4.78 is 0. The summed E-state index contributed by atoms with van der Waals surface area (Å²) in [6, 6.07) is 5.75. The van der Waals surface area contributed by atoms with Gasteiger partial charge < -0.3 is 31.5 Å². The predicted octanol–water partition coefficient (Wildman–Crippen LogP) is 0.332. The summed E-state index contributed by atoms with van der Waals surface area (Å²) in [5.74, 6) is 5.61. The maximum atomic E-state index is 10.2. The number of aliphatic hydroxyl groups excluding tert-OH is 3. The molecule has 0 radical (unpaired) electrons. The van der Waals surface area contributed by atoms with Gasteiger partial charge in [-0.05, 0) is 30.7 Å². The number of nitrogens with two attached hydrogens (primary N) is 1. The molecule has 1 aromatic carbocycles. The molecule has 0 unspecified atom stereocenters. The highest BCUT2D eigenvalue weighted by atomic mass is 35.5. The quantitative estimate of drug-likeness (QED) is 0.325. The van der Waals surface area contributed by atoms with E-state index in [-0.39, 0.29) is 34.8 Å². The molecule has 1 saturated carbocycles. The zero-order valence-corrected chi connectivity index (χ0v) is 14.9. The molecule has 27 heavy (non-hydrogen) atoms. The van der Waals surface area contributed by atoms with Gasteiger partial charge in [0.25, 0.3) is 0 Å². The number of hydrogen-bond donors (Lipinski definition) is 6. The molecule has 7 N–H and O–H groups in total. The van der Waals surface area contributed by atoms with Crippen molar-refractivity contribution in [2.45, 2.75) is 24.7 Å². The van der Waals surface area contributed by atoms with Crippen LogP contribution in [-0.2, 0) is 0 Å². The van der Waals surface area contributed by atoms with Crippen LogP contribution in [0.25, 0.3) is 0 Å². The SMILES string of the molecule is Nc1nc(Cl)c(C#Cc2ccc(O)cc2)c(N[C@@H]2C[C@H](CO)[C@@H](O)[C@H]2O)n1. The highest BCUT2D eigenvalue weighted by molar-refractivity contribution is 6.31. The van der Waals surface area contributed by atoms with Crippen molar-refractivity contribution >= 4 is 23.4 Å². The molecular weight excluding hydrogens is 372 g/mol. The number of nitrogen functional groups attached to an aromatic ring is 1. The molecule has 0 amide bonds. The van der Waals surface area contributed by atoms with Gasteiger partial charge in [0.15, 0.2) is 5.15 Å². The Morgan fingerprint density at radius 1 is 1.15 bits per heavy atom. The van der Waals surface area contributed by atoms with E-state index in [1.807, 2.05) is 0 Å². The Morgan fingerprint density at radius 2 is 1.85 bits per heavy atom. The molecule has 4 atom stereocenters. The molecule has 0 saturated heterocycles. The van der Waals surface area contributed by atoms with Crippen LogP contribution in [0.15, 0.2) is 24.3 Å². The Balaban J connectivity index is 1.91. The van der Waals surface area contributed by atoms with Gasteiger partial charge in [0.2, 0.25) is 5.95 Å². The summed E-state index contributed by atoms with van der Waals surface area (Å²) in [7, 11) is 0. The van der Waals surface area contributed by atoms with Crippen LogP contribution in [0, 0.1) is 17.8 Å². The van der Waals surface area contributed by atoms with Crippen molar-refractivity contribution in [1.82, 2.24) is 9.97 Å². The van der Waals surface area contributed by atoms with Crippen molar-refractivity contribution in [3.8, 4) is 17.6 Å². The molecule has 1 aromatic heterocycles. The molecule has 0 bridgehead atoms. The number of nitrogens with zero attached hydrogens (tertiary/aromatic N) is 2. The third-order valence-electron chi connectivity index (χ3n) is 4.44. The topological polar surface area (TPSA) is 145 Å².